The van der Waals surface area contributed by atoms with E-state index in [1.807, 2.05) is 30.3 Å². The van der Waals surface area contributed by atoms with Crippen LogP contribution < -0.4 is 5.32 Å². The van der Waals surface area contributed by atoms with Crippen molar-refractivity contribution in [2.75, 3.05) is 13.1 Å². The zero-order valence-electron chi connectivity index (χ0n) is 16.9. The van der Waals surface area contributed by atoms with Crippen LogP contribution in [0, 0.1) is 11.8 Å². The minimum atomic E-state index is -4.47. The van der Waals surface area contributed by atoms with Gasteiger partial charge in [0, 0.05) is 31.5 Å². The lowest BCUT2D eigenvalue weighted by atomic mass is 9.87. The van der Waals surface area contributed by atoms with Gasteiger partial charge in [-0.05, 0) is 17.2 Å². The minimum Gasteiger partial charge on any atom is -0.352 e. The predicted octanol–water partition coefficient (Wildman–Crippen LogP) is 4.22. The van der Waals surface area contributed by atoms with Gasteiger partial charge < -0.3 is 10.2 Å². The number of halogens is 3. The monoisotopic (exact) mass is 418 g/mol. The second-order valence-electron chi connectivity index (χ2n) is 7.94. The standard InChI is InChI=1S/C23H25F3N2O2/c1-15(2)22(30)28-13-19(17-9-6-10-18(11-17)23(24,25)26)20(14-28)21(29)27-12-16-7-4-3-5-8-16/h3-11,15,19-20H,12-14H2,1-2H3,(H,27,29). The smallest absolute Gasteiger partial charge is 0.352 e. The minimum absolute atomic E-state index is 0.106. The first-order valence-corrected chi connectivity index (χ1v) is 9.94. The molecule has 2 atom stereocenters. The Balaban J connectivity index is 1.84. The highest BCUT2D eigenvalue weighted by Crippen LogP contribution is 2.37. The zero-order chi connectivity index (χ0) is 21.9. The number of nitrogens with one attached hydrogen (secondary N) is 1. The number of nitrogens with zero attached hydrogens (tertiary/aromatic N) is 1. The normalized spacial score (nSPS) is 19.2. The molecule has 30 heavy (non-hydrogen) atoms. The summed E-state index contributed by atoms with van der Waals surface area (Å²) in [6, 6.07) is 14.4. The van der Waals surface area contributed by atoms with Crippen molar-refractivity contribution >= 4 is 11.8 Å². The van der Waals surface area contributed by atoms with Crippen LogP contribution in [0.3, 0.4) is 0 Å². The van der Waals surface area contributed by atoms with Gasteiger partial charge in [0.25, 0.3) is 0 Å². The number of amides is 2. The topological polar surface area (TPSA) is 49.4 Å². The lowest BCUT2D eigenvalue weighted by Crippen LogP contribution is -2.36. The van der Waals surface area contributed by atoms with E-state index >= 15 is 0 Å². The van der Waals surface area contributed by atoms with E-state index in [0.717, 1.165) is 17.7 Å². The summed E-state index contributed by atoms with van der Waals surface area (Å²) in [6.07, 6.45) is -4.47. The lowest BCUT2D eigenvalue weighted by Gasteiger charge is -2.19. The van der Waals surface area contributed by atoms with Crippen LogP contribution in [0.5, 0.6) is 0 Å². The van der Waals surface area contributed by atoms with Gasteiger partial charge >= 0.3 is 6.18 Å². The Labute approximate surface area is 174 Å². The third kappa shape index (κ3) is 5.01. The van der Waals surface area contributed by atoms with Crippen LogP contribution in [0.2, 0.25) is 0 Å². The second kappa shape index (κ2) is 8.90. The predicted molar refractivity (Wildman–Crippen MR) is 107 cm³/mol. The lowest BCUT2D eigenvalue weighted by molar-refractivity contribution is -0.137. The Morgan fingerprint density at radius 1 is 1.07 bits per heavy atom. The third-order valence-electron chi connectivity index (χ3n) is 5.41. The van der Waals surface area contributed by atoms with Gasteiger partial charge in [-0.1, -0.05) is 62.4 Å². The number of hydrogen-bond acceptors (Lipinski definition) is 2. The SMILES string of the molecule is CC(C)C(=O)N1CC(C(=O)NCc2ccccc2)C(c2cccc(C(F)(F)F)c2)C1. The molecule has 4 nitrogen and oxygen atoms in total. The number of benzene rings is 2. The quantitative estimate of drug-likeness (QED) is 0.791. The highest BCUT2D eigenvalue weighted by atomic mass is 19.4. The van der Waals surface area contributed by atoms with Crippen molar-refractivity contribution in [3.63, 3.8) is 0 Å². The molecule has 160 valence electrons. The Morgan fingerprint density at radius 3 is 2.40 bits per heavy atom. The van der Waals surface area contributed by atoms with Crippen molar-refractivity contribution in [2.45, 2.75) is 32.5 Å². The fraction of sp³-hybridized carbons (Fsp3) is 0.391. The number of rotatable bonds is 5. The molecule has 0 radical (unpaired) electrons. The highest BCUT2D eigenvalue weighted by molar-refractivity contribution is 5.84. The Bertz CT molecular complexity index is 897. The molecule has 1 fully saturated rings. The van der Waals surface area contributed by atoms with Crippen molar-refractivity contribution in [3.05, 3.63) is 71.3 Å². The number of carbonyl (C=O) groups excluding carboxylic acids is 2. The van der Waals surface area contributed by atoms with E-state index in [0.29, 0.717) is 12.1 Å². The molecule has 0 spiro atoms. The molecular formula is C23H25F3N2O2. The number of alkyl halides is 3. The summed E-state index contributed by atoms with van der Waals surface area (Å²) in [5, 5.41) is 2.88. The summed E-state index contributed by atoms with van der Waals surface area (Å²) >= 11 is 0. The molecule has 2 unspecified atom stereocenters. The summed E-state index contributed by atoms with van der Waals surface area (Å²) in [5.74, 6) is -1.73. The van der Waals surface area contributed by atoms with Crippen molar-refractivity contribution in [1.82, 2.24) is 10.2 Å². The van der Waals surface area contributed by atoms with Crippen LogP contribution in [-0.2, 0) is 22.3 Å². The third-order valence-corrected chi connectivity index (χ3v) is 5.41. The van der Waals surface area contributed by atoms with Crippen molar-refractivity contribution < 1.29 is 22.8 Å². The van der Waals surface area contributed by atoms with Gasteiger partial charge in [0.05, 0.1) is 11.5 Å². The molecule has 0 aliphatic carbocycles. The van der Waals surface area contributed by atoms with Gasteiger partial charge in [-0.25, -0.2) is 0 Å². The van der Waals surface area contributed by atoms with Crippen molar-refractivity contribution in [2.24, 2.45) is 11.8 Å². The highest BCUT2D eigenvalue weighted by Gasteiger charge is 2.41. The fourth-order valence-corrected chi connectivity index (χ4v) is 3.81. The van der Waals surface area contributed by atoms with Crippen LogP contribution in [0.4, 0.5) is 13.2 Å². The molecule has 0 bridgehead atoms. The van der Waals surface area contributed by atoms with Crippen LogP contribution in [0.15, 0.2) is 54.6 Å². The van der Waals surface area contributed by atoms with Gasteiger partial charge in [-0.15, -0.1) is 0 Å². The molecule has 1 N–H and O–H groups in total. The molecule has 0 aromatic heterocycles. The maximum atomic E-state index is 13.2. The van der Waals surface area contributed by atoms with Gasteiger partial charge in [-0.3, -0.25) is 9.59 Å². The summed E-state index contributed by atoms with van der Waals surface area (Å²) in [5.41, 5.74) is 0.593. The molecule has 3 rings (SSSR count). The van der Waals surface area contributed by atoms with Gasteiger partial charge in [0.2, 0.25) is 11.8 Å². The van der Waals surface area contributed by atoms with Gasteiger partial charge in [0.1, 0.15) is 0 Å². The van der Waals surface area contributed by atoms with E-state index in [4.69, 9.17) is 0 Å². The average Bonchev–Trinajstić information content (AvgIpc) is 3.17. The Morgan fingerprint density at radius 2 is 1.77 bits per heavy atom. The fourth-order valence-electron chi connectivity index (χ4n) is 3.81. The summed E-state index contributed by atoms with van der Waals surface area (Å²) < 4.78 is 39.6. The average molecular weight is 418 g/mol. The first kappa shape index (κ1) is 21.9. The van der Waals surface area contributed by atoms with Crippen LogP contribution in [-0.4, -0.2) is 29.8 Å². The molecular weight excluding hydrogens is 393 g/mol. The van der Waals surface area contributed by atoms with Crippen molar-refractivity contribution in [3.8, 4) is 0 Å². The van der Waals surface area contributed by atoms with E-state index in [-0.39, 0.29) is 30.8 Å². The van der Waals surface area contributed by atoms with Gasteiger partial charge in [-0.2, -0.15) is 13.2 Å². The molecule has 2 amide bonds. The summed E-state index contributed by atoms with van der Waals surface area (Å²) in [6.45, 7) is 4.28. The maximum absolute atomic E-state index is 13.2. The van der Waals surface area contributed by atoms with E-state index in [1.165, 1.54) is 6.07 Å². The van der Waals surface area contributed by atoms with E-state index in [9.17, 15) is 22.8 Å². The molecule has 2 aromatic carbocycles. The van der Waals surface area contributed by atoms with E-state index < -0.39 is 23.6 Å². The second-order valence-corrected chi connectivity index (χ2v) is 7.94. The molecule has 1 aliphatic rings. The van der Waals surface area contributed by atoms with Crippen molar-refractivity contribution in [1.29, 1.82) is 0 Å². The number of likely N-dealkylation sites (tertiary alicyclic amines) is 1. The molecule has 7 heteroatoms. The van der Waals surface area contributed by atoms with Crippen LogP contribution in [0.1, 0.15) is 36.5 Å². The Kier molecular flexibility index (Phi) is 6.48. The number of hydrogen-bond donors (Lipinski definition) is 1. The summed E-state index contributed by atoms with van der Waals surface area (Å²) in [7, 11) is 0. The zero-order valence-corrected chi connectivity index (χ0v) is 16.9. The van der Waals surface area contributed by atoms with Gasteiger partial charge in [0.15, 0.2) is 0 Å². The molecule has 1 heterocycles. The Hall–Kier alpha value is -2.83. The molecule has 1 aliphatic heterocycles. The molecule has 0 saturated carbocycles. The van der Waals surface area contributed by atoms with E-state index in [1.54, 1.807) is 24.8 Å². The van der Waals surface area contributed by atoms with E-state index in [2.05, 4.69) is 5.32 Å². The first-order valence-electron chi connectivity index (χ1n) is 9.94. The van der Waals surface area contributed by atoms with Crippen LogP contribution >= 0.6 is 0 Å². The molecule has 2 aromatic rings. The number of carbonyl (C=O) groups is 2. The first-order chi connectivity index (χ1) is 14.2. The largest absolute Gasteiger partial charge is 0.416 e. The summed E-state index contributed by atoms with van der Waals surface area (Å²) in [4.78, 5) is 27.0. The van der Waals surface area contributed by atoms with Crippen LogP contribution in [0.25, 0.3) is 0 Å². The molecule has 1 saturated heterocycles. The maximum Gasteiger partial charge on any atom is 0.416 e.